The summed E-state index contributed by atoms with van der Waals surface area (Å²) in [4.78, 5) is 24.2. The summed E-state index contributed by atoms with van der Waals surface area (Å²) in [7, 11) is 0. The van der Waals surface area contributed by atoms with E-state index in [0.29, 0.717) is 18.8 Å². The Morgan fingerprint density at radius 1 is 1.42 bits per heavy atom. The second-order valence-electron chi connectivity index (χ2n) is 4.22. The summed E-state index contributed by atoms with van der Waals surface area (Å²) < 4.78 is 0. The first-order chi connectivity index (χ1) is 9.18. The zero-order valence-electron chi connectivity index (χ0n) is 10.4. The molecule has 1 unspecified atom stereocenters. The number of carbonyl (C=O) groups is 2. The molecule has 2 rings (SSSR count). The van der Waals surface area contributed by atoms with E-state index in [1.807, 2.05) is 30.3 Å². The molecule has 1 aliphatic heterocycles. The van der Waals surface area contributed by atoms with Crippen molar-refractivity contribution >= 4 is 23.7 Å². The minimum Gasteiger partial charge on any atom is -0.388 e. The third-order valence-electron chi connectivity index (χ3n) is 2.84. The topological polar surface area (TPSA) is 69.6 Å². The number of hydrogen-bond acceptors (Lipinski definition) is 4. The van der Waals surface area contributed by atoms with Gasteiger partial charge in [-0.05, 0) is 5.56 Å². The molecule has 0 aromatic heterocycles. The van der Waals surface area contributed by atoms with Gasteiger partial charge in [-0.15, -0.1) is 11.8 Å². The lowest BCUT2D eigenvalue weighted by atomic mass is 10.1. The van der Waals surface area contributed by atoms with Crippen LogP contribution in [0.4, 0.5) is 4.79 Å². The Bertz CT molecular complexity index is 452. The molecule has 0 radical (unpaired) electrons. The highest BCUT2D eigenvalue weighted by Gasteiger charge is 2.25. The Labute approximate surface area is 116 Å². The summed E-state index contributed by atoms with van der Waals surface area (Å²) in [6, 6.07) is 8.99. The van der Waals surface area contributed by atoms with Crippen molar-refractivity contribution in [2.75, 3.05) is 24.6 Å². The van der Waals surface area contributed by atoms with Crippen molar-refractivity contribution in [1.29, 1.82) is 0 Å². The first kappa shape index (κ1) is 13.9. The van der Waals surface area contributed by atoms with Crippen molar-refractivity contribution in [3.05, 3.63) is 35.9 Å². The molecule has 19 heavy (non-hydrogen) atoms. The molecule has 1 heterocycles. The maximum Gasteiger partial charge on any atom is 0.324 e. The van der Waals surface area contributed by atoms with E-state index in [4.69, 9.17) is 0 Å². The van der Waals surface area contributed by atoms with Crippen LogP contribution in [0.1, 0.15) is 11.7 Å². The van der Waals surface area contributed by atoms with Gasteiger partial charge < -0.3 is 10.4 Å². The molecule has 1 aliphatic rings. The number of aliphatic hydroxyl groups is 1. The lowest BCUT2D eigenvalue weighted by Crippen LogP contribution is -2.35. The zero-order chi connectivity index (χ0) is 13.7. The second kappa shape index (κ2) is 6.58. The van der Waals surface area contributed by atoms with Crippen molar-refractivity contribution in [1.82, 2.24) is 10.2 Å². The van der Waals surface area contributed by atoms with Crippen LogP contribution in [0.25, 0.3) is 0 Å². The zero-order valence-corrected chi connectivity index (χ0v) is 11.2. The molecule has 2 N–H and O–H groups in total. The summed E-state index contributed by atoms with van der Waals surface area (Å²) in [5, 5.41) is 12.5. The highest BCUT2D eigenvalue weighted by atomic mass is 32.2. The van der Waals surface area contributed by atoms with Gasteiger partial charge in [-0.2, -0.15) is 0 Å². The summed E-state index contributed by atoms with van der Waals surface area (Å²) in [5.74, 6) is 0.433. The summed E-state index contributed by atoms with van der Waals surface area (Å²) in [6.07, 6.45) is -0.591. The average Bonchev–Trinajstić information content (AvgIpc) is 2.86. The van der Waals surface area contributed by atoms with E-state index in [0.717, 1.165) is 5.56 Å². The number of nitrogens with one attached hydrogen (secondary N) is 1. The van der Waals surface area contributed by atoms with Crippen molar-refractivity contribution in [2.45, 2.75) is 6.10 Å². The van der Waals surface area contributed by atoms with Gasteiger partial charge in [0.05, 0.1) is 11.9 Å². The quantitative estimate of drug-likeness (QED) is 0.844. The Morgan fingerprint density at radius 3 is 2.79 bits per heavy atom. The standard InChI is InChI=1S/C13H16N2O3S/c16-11(10-4-2-1-3-5-10)8-19-9-12(17)15-7-6-14-13(15)18/h1-5,11,16H,6-9H2,(H,14,18). The van der Waals surface area contributed by atoms with E-state index in [1.165, 1.54) is 16.7 Å². The van der Waals surface area contributed by atoms with Crippen LogP contribution in [0.2, 0.25) is 0 Å². The molecule has 0 spiro atoms. The van der Waals surface area contributed by atoms with Gasteiger partial charge in [0.1, 0.15) is 0 Å². The predicted octanol–water partition coefficient (Wildman–Crippen LogP) is 1.01. The summed E-state index contributed by atoms with van der Waals surface area (Å²) >= 11 is 1.33. The molecular weight excluding hydrogens is 264 g/mol. The van der Waals surface area contributed by atoms with Crippen molar-refractivity contribution in [3.63, 3.8) is 0 Å². The average molecular weight is 280 g/mol. The fourth-order valence-corrected chi connectivity index (χ4v) is 2.68. The number of urea groups is 1. The highest BCUT2D eigenvalue weighted by molar-refractivity contribution is 7.99. The van der Waals surface area contributed by atoms with Gasteiger partial charge in [-0.3, -0.25) is 9.69 Å². The molecule has 6 heteroatoms. The number of aliphatic hydroxyl groups excluding tert-OH is 1. The molecule has 5 nitrogen and oxygen atoms in total. The summed E-state index contributed by atoms with van der Waals surface area (Å²) in [6.45, 7) is 0.946. The molecule has 102 valence electrons. The SMILES string of the molecule is O=C(CSCC(O)c1ccccc1)N1CCNC1=O. The number of thioether (sulfide) groups is 1. The number of hydrogen-bond donors (Lipinski definition) is 2. The van der Waals surface area contributed by atoms with Gasteiger partial charge in [0.25, 0.3) is 0 Å². The number of amides is 3. The largest absolute Gasteiger partial charge is 0.388 e. The predicted molar refractivity (Wildman–Crippen MR) is 73.8 cm³/mol. The van der Waals surface area contributed by atoms with Crippen LogP contribution < -0.4 is 5.32 Å². The number of rotatable bonds is 5. The first-order valence-corrected chi connectivity index (χ1v) is 7.23. The molecule has 1 fully saturated rings. The first-order valence-electron chi connectivity index (χ1n) is 6.07. The lowest BCUT2D eigenvalue weighted by molar-refractivity contribution is -0.124. The van der Waals surface area contributed by atoms with E-state index in [-0.39, 0.29) is 17.7 Å². The van der Waals surface area contributed by atoms with E-state index < -0.39 is 6.10 Å². The smallest absolute Gasteiger partial charge is 0.324 e. The fraction of sp³-hybridized carbons (Fsp3) is 0.385. The lowest BCUT2D eigenvalue weighted by Gasteiger charge is -2.13. The Balaban J connectivity index is 1.74. The van der Waals surface area contributed by atoms with Gasteiger partial charge in [-0.25, -0.2) is 4.79 Å². The van der Waals surface area contributed by atoms with Gasteiger partial charge in [-0.1, -0.05) is 30.3 Å². The number of carbonyl (C=O) groups excluding carboxylic acids is 2. The Hall–Kier alpha value is -1.53. The van der Waals surface area contributed by atoms with Crippen LogP contribution in [-0.4, -0.2) is 46.5 Å². The van der Waals surface area contributed by atoms with E-state index >= 15 is 0 Å². The maximum absolute atomic E-state index is 11.7. The van der Waals surface area contributed by atoms with Gasteiger partial charge in [0.15, 0.2) is 0 Å². The van der Waals surface area contributed by atoms with Crippen LogP contribution in [0, 0.1) is 0 Å². The molecular formula is C13H16N2O3S. The van der Waals surface area contributed by atoms with E-state index in [9.17, 15) is 14.7 Å². The second-order valence-corrected chi connectivity index (χ2v) is 5.25. The number of benzene rings is 1. The summed E-state index contributed by atoms with van der Waals surface area (Å²) in [5.41, 5.74) is 0.835. The monoisotopic (exact) mass is 280 g/mol. The Morgan fingerprint density at radius 2 is 2.16 bits per heavy atom. The van der Waals surface area contributed by atoms with Gasteiger partial charge in [0.2, 0.25) is 5.91 Å². The fourth-order valence-electron chi connectivity index (χ4n) is 1.82. The molecule has 1 aromatic rings. The van der Waals surface area contributed by atoms with Crippen LogP contribution >= 0.6 is 11.8 Å². The van der Waals surface area contributed by atoms with E-state index in [2.05, 4.69) is 5.32 Å². The minimum atomic E-state index is -0.591. The van der Waals surface area contributed by atoms with E-state index in [1.54, 1.807) is 0 Å². The maximum atomic E-state index is 11.7. The molecule has 1 aromatic carbocycles. The molecule has 0 bridgehead atoms. The van der Waals surface area contributed by atoms with Crippen molar-refractivity contribution in [3.8, 4) is 0 Å². The van der Waals surface area contributed by atoms with Gasteiger partial charge >= 0.3 is 6.03 Å². The molecule has 1 saturated heterocycles. The molecule has 3 amide bonds. The Kier molecular flexibility index (Phi) is 4.81. The van der Waals surface area contributed by atoms with Crippen LogP contribution in [0.15, 0.2) is 30.3 Å². The minimum absolute atomic E-state index is 0.206. The van der Waals surface area contributed by atoms with Gasteiger partial charge in [0, 0.05) is 18.8 Å². The third kappa shape index (κ3) is 3.71. The van der Waals surface area contributed by atoms with Crippen LogP contribution in [0.5, 0.6) is 0 Å². The number of nitrogens with zero attached hydrogens (tertiary/aromatic N) is 1. The molecule has 0 saturated carbocycles. The molecule has 0 aliphatic carbocycles. The molecule has 1 atom stereocenters. The van der Waals surface area contributed by atoms with Crippen molar-refractivity contribution in [2.24, 2.45) is 0 Å². The number of imide groups is 1. The van der Waals surface area contributed by atoms with Crippen LogP contribution in [-0.2, 0) is 4.79 Å². The highest BCUT2D eigenvalue weighted by Crippen LogP contribution is 2.18. The van der Waals surface area contributed by atoms with Crippen LogP contribution in [0.3, 0.4) is 0 Å². The van der Waals surface area contributed by atoms with Crippen molar-refractivity contribution < 1.29 is 14.7 Å². The third-order valence-corrected chi connectivity index (χ3v) is 3.85. The normalized spacial score (nSPS) is 16.3.